The Kier molecular flexibility index (Phi) is 3.79. The fourth-order valence-corrected chi connectivity index (χ4v) is 2.23. The van der Waals surface area contributed by atoms with E-state index >= 15 is 0 Å². The maximum absolute atomic E-state index is 12.1. The highest BCUT2D eigenvalue weighted by Crippen LogP contribution is 2.19. The first kappa shape index (κ1) is 13.5. The van der Waals surface area contributed by atoms with Crippen LogP contribution in [0.15, 0.2) is 63.8 Å². The maximum atomic E-state index is 12.1. The number of aromatic nitrogens is 2. The van der Waals surface area contributed by atoms with Crippen molar-refractivity contribution in [2.75, 3.05) is 5.32 Å². The molecule has 0 radical (unpaired) electrons. The van der Waals surface area contributed by atoms with Crippen molar-refractivity contribution in [3.8, 4) is 11.5 Å². The van der Waals surface area contributed by atoms with Crippen LogP contribution in [0.2, 0.25) is 0 Å². The average Bonchev–Trinajstić information content (AvgIpc) is 3.02. The number of anilines is 1. The lowest BCUT2D eigenvalue weighted by atomic mass is 10.2. The summed E-state index contributed by atoms with van der Waals surface area (Å²) in [6.45, 7) is 0. The Morgan fingerprint density at radius 3 is 2.62 bits per heavy atom. The molecule has 1 heterocycles. The van der Waals surface area contributed by atoms with E-state index < -0.39 is 0 Å². The summed E-state index contributed by atoms with van der Waals surface area (Å²) in [5.74, 6) is 0.279. The van der Waals surface area contributed by atoms with Crippen LogP contribution in [0.3, 0.4) is 0 Å². The van der Waals surface area contributed by atoms with Gasteiger partial charge in [0.2, 0.25) is 12.3 Å². The molecule has 1 aromatic heterocycles. The molecule has 2 aromatic carbocycles. The second kappa shape index (κ2) is 5.88. The minimum atomic E-state index is -0.165. The Labute approximate surface area is 129 Å². The zero-order chi connectivity index (χ0) is 14.7. The van der Waals surface area contributed by atoms with E-state index in [1.54, 1.807) is 24.3 Å². The number of carbonyl (C=O) groups is 1. The van der Waals surface area contributed by atoms with E-state index in [-0.39, 0.29) is 5.91 Å². The molecule has 3 aromatic rings. The molecule has 21 heavy (non-hydrogen) atoms. The Morgan fingerprint density at radius 1 is 1.14 bits per heavy atom. The number of halogens is 1. The summed E-state index contributed by atoms with van der Waals surface area (Å²) in [7, 11) is 0. The van der Waals surface area contributed by atoms with Crippen LogP contribution >= 0.6 is 15.9 Å². The second-order valence-corrected chi connectivity index (χ2v) is 5.20. The van der Waals surface area contributed by atoms with Gasteiger partial charge in [-0.3, -0.25) is 4.79 Å². The molecule has 0 fully saturated rings. The first-order valence-electron chi connectivity index (χ1n) is 6.16. The highest BCUT2D eigenvalue weighted by molar-refractivity contribution is 9.10. The number of nitrogens with one attached hydrogen (secondary N) is 1. The van der Waals surface area contributed by atoms with E-state index in [0.29, 0.717) is 17.1 Å². The van der Waals surface area contributed by atoms with E-state index in [1.165, 1.54) is 6.39 Å². The van der Waals surface area contributed by atoms with Gasteiger partial charge in [0.15, 0.2) is 0 Å². The van der Waals surface area contributed by atoms with Gasteiger partial charge in [-0.25, -0.2) is 0 Å². The average molecular weight is 344 g/mol. The van der Waals surface area contributed by atoms with Crippen molar-refractivity contribution >= 4 is 27.5 Å². The number of rotatable bonds is 3. The number of hydrogen-bond acceptors (Lipinski definition) is 4. The molecule has 5 nitrogen and oxygen atoms in total. The van der Waals surface area contributed by atoms with E-state index in [0.717, 1.165) is 10.0 Å². The third kappa shape index (κ3) is 3.17. The minimum absolute atomic E-state index is 0.165. The van der Waals surface area contributed by atoms with Crippen LogP contribution in [0.25, 0.3) is 11.5 Å². The molecule has 0 atom stereocenters. The first-order chi connectivity index (χ1) is 10.2. The van der Waals surface area contributed by atoms with Gasteiger partial charge in [0.25, 0.3) is 5.91 Å². The fraction of sp³-hybridized carbons (Fsp3) is 0. The van der Waals surface area contributed by atoms with Gasteiger partial charge in [-0.15, -0.1) is 10.2 Å². The monoisotopic (exact) mass is 343 g/mol. The molecule has 0 aliphatic carbocycles. The zero-order valence-corrected chi connectivity index (χ0v) is 12.4. The third-order valence-electron chi connectivity index (χ3n) is 2.84. The molecule has 0 bridgehead atoms. The number of amides is 1. The summed E-state index contributed by atoms with van der Waals surface area (Å²) >= 11 is 3.34. The second-order valence-electron chi connectivity index (χ2n) is 4.29. The standard InChI is InChI=1S/C15H10BrN3O2/c16-12-3-1-2-11(8-12)14(20)18-13-6-4-10(5-7-13)15-19-17-9-21-15/h1-9H,(H,18,20). The normalized spacial score (nSPS) is 10.3. The molecule has 0 saturated heterocycles. The molecule has 0 saturated carbocycles. The van der Waals surface area contributed by atoms with Crippen molar-refractivity contribution in [2.45, 2.75) is 0 Å². The lowest BCUT2D eigenvalue weighted by Gasteiger charge is -2.06. The number of benzene rings is 2. The molecule has 0 spiro atoms. The quantitative estimate of drug-likeness (QED) is 0.786. The molecule has 0 aliphatic rings. The van der Waals surface area contributed by atoms with Crippen molar-refractivity contribution < 1.29 is 9.21 Å². The van der Waals surface area contributed by atoms with Crippen LogP contribution < -0.4 is 5.32 Å². The summed E-state index contributed by atoms with van der Waals surface area (Å²) in [5.41, 5.74) is 2.08. The van der Waals surface area contributed by atoms with E-state index in [1.807, 2.05) is 24.3 Å². The summed E-state index contributed by atoms with van der Waals surface area (Å²) in [6, 6.07) is 14.4. The summed E-state index contributed by atoms with van der Waals surface area (Å²) in [5, 5.41) is 10.3. The van der Waals surface area contributed by atoms with Crippen LogP contribution in [0.4, 0.5) is 5.69 Å². The van der Waals surface area contributed by atoms with Gasteiger partial charge in [-0.1, -0.05) is 22.0 Å². The van der Waals surface area contributed by atoms with Crippen molar-refractivity contribution in [3.05, 3.63) is 65.0 Å². The van der Waals surface area contributed by atoms with Crippen LogP contribution in [0, 0.1) is 0 Å². The SMILES string of the molecule is O=C(Nc1ccc(-c2nnco2)cc1)c1cccc(Br)c1. The van der Waals surface area contributed by atoms with Gasteiger partial charge in [0, 0.05) is 21.3 Å². The fourth-order valence-electron chi connectivity index (χ4n) is 1.83. The van der Waals surface area contributed by atoms with Crippen molar-refractivity contribution in [1.29, 1.82) is 0 Å². The number of nitrogens with zero attached hydrogens (tertiary/aromatic N) is 2. The lowest BCUT2D eigenvalue weighted by Crippen LogP contribution is -2.11. The first-order valence-corrected chi connectivity index (χ1v) is 6.95. The van der Waals surface area contributed by atoms with Crippen molar-refractivity contribution in [2.24, 2.45) is 0 Å². The van der Waals surface area contributed by atoms with Crippen LogP contribution in [0.1, 0.15) is 10.4 Å². The Morgan fingerprint density at radius 2 is 1.95 bits per heavy atom. The molecule has 3 rings (SSSR count). The van der Waals surface area contributed by atoms with Crippen molar-refractivity contribution in [3.63, 3.8) is 0 Å². The van der Waals surface area contributed by atoms with Gasteiger partial charge < -0.3 is 9.73 Å². The predicted molar refractivity (Wildman–Crippen MR) is 81.8 cm³/mol. The zero-order valence-electron chi connectivity index (χ0n) is 10.8. The van der Waals surface area contributed by atoms with E-state index in [4.69, 9.17) is 4.42 Å². The summed E-state index contributed by atoms with van der Waals surface area (Å²) in [6.07, 6.45) is 1.28. The van der Waals surface area contributed by atoms with Gasteiger partial charge in [0.1, 0.15) is 0 Å². The summed E-state index contributed by atoms with van der Waals surface area (Å²) in [4.78, 5) is 12.1. The molecule has 6 heteroatoms. The predicted octanol–water partition coefficient (Wildman–Crippen LogP) is 3.75. The van der Waals surface area contributed by atoms with Crippen LogP contribution in [0.5, 0.6) is 0 Å². The van der Waals surface area contributed by atoms with Gasteiger partial charge in [-0.2, -0.15) is 0 Å². The minimum Gasteiger partial charge on any atom is -0.423 e. The molecule has 1 N–H and O–H groups in total. The number of carbonyl (C=O) groups excluding carboxylic acids is 1. The topological polar surface area (TPSA) is 68.0 Å². The van der Waals surface area contributed by atoms with Gasteiger partial charge >= 0.3 is 0 Å². The Balaban J connectivity index is 1.75. The van der Waals surface area contributed by atoms with Crippen LogP contribution in [-0.2, 0) is 0 Å². The van der Waals surface area contributed by atoms with Gasteiger partial charge in [-0.05, 0) is 42.5 Å². The molecular weight excluding hydrogens is 334 g/mol. The largest absolute Gasteiger partial charge is 0.423 e. The molecular formula is C15H10BrN3O2. The highest BCUT2D eigenvalue weighted by atomic mass is 79.9. The van der Waals surface area contributed by atoms with Gasteiger partial charge in [0.05, 0.1) is 0 Å². The maximum Gasteiger partial charge on any atom is 0.255 e. The Hall–Kier alpha value is -2.47. The number of hydrogen-bond donors (Lipinski definition) is 1. The van der Waals surface area contributed by atoms with E-state index in [9.17, 15) is 4.79 Å². The van der Waals surface area contributed by atoms with Crippen molar-refractivity contribution in [1.82, 2.24) is 10.2 Å². The van der Waals surface area contributed by atoms with E-state index in [2.05, 4.69) is 31.4 Å². The third-order valence-corrected chi connectivity index (χ3v) is 3.33. The highest BCUT2D eigenvalue weighted by Gasteiger charge is 2.07. The Bertz CT molecular complexity index is 755. The van der Waals surface area contributed by atoms with Crippen LogP contribution in [-0.4, -0.2) is 16.1 Å². The molecule has 0 aliphatic heterocycles. The summed E-state index contributed by atoms with van der Waals surface area (Å²) < 4.78 is 5.97. The molecule has 104 valence electrons. The smallest absolute Gasteiger partial charge is 0.255 e. The molecule has 1 amide bonds. The lowest BCUT2D eigenvalue weighted by molar-refractivity contribution is 0.102. The molecule has 0 unspecified atom stereocenters.